The van der Waals surface area contributed by atoms with E-state index >= 15 is 0 Å². The second-order valence-corrected chi connectivity index (χ2v) is 8.57. The average molecular weight is 398 g/mol. The number of esters is 1. The fraction of sp³-hybridized carbons (Fsp3) is 0.545. The first-order valence-electron chi connectivity index (χ1n) is 10.2. The molecule has 0 spiro atoms. The van der Waals surface area contributed by atoms with Gasteiger partial charge in [-0.25, -0.2) is 4.68 Å². The highest BCUT2D eigenvalue weighted by molar-refractivity contribution is 6.48. The topological polar surface area (TPSA) is 62.6 Å². The minimum absolute atomic E-state index is 0.173. The molecular weight excluding hydrogens is 367 g/mol. The number of benzene rings is 1. The lowest BCUT2D eigenvalue weighted by atomic mass is 9.65. The predicted octanol–water partition coefficient (Wildman–Crippen LogP) is 4.16. The average Bonchev–Trinajstić information content (AvgIpc) is 3.05. The van der Waals surface area contributed by atoms with Gasteiger partial charge in [-0.05, 0) is 66.2 Å². The Kier molecular flexibility index (Phi) is 5.92. The molecule has 6 nitrogen and oxygen atoms in total. The maximum absolute atomic E-state index is 12.4. The molecule has 1 fully saturated rings. The van der Waals surface area contributed by atoms with Gasteiger partial charge < -0.3 is 14.0 Å². The third kappa shape index (κ3) is 4.12. The molecular formula is C22H31BN2O4. The standard InChI is InChI=1S/C22H31BN2O4/c1-8-27-19(26)14-18(23-28-21(4,5)22(6,7)29-23)20-15(2)24-25(16(20)3)17-12-10-9-11-13-17/h9-13,18H,8,14H2,1-7H3. The third-order valence-electron chi connectivity index (χ3n) is 6.01. The Morgan fingerprint density at radius 2 is 1.72 bits per heavy atom. The summed E-state index contributed by atoms with van der Waals surface area (Å²) in [5.74, 6) is -0.578. The van der Waals surface area contributed by atoms with Gasteiger partial charge in [0.2, 0.25) is 0 Å². The summed E-state index contributed by atoms with van der Waals surface area (Å²) in [6.07, 6.45) is 0.173. The van der Waals surface area contributed by atoms with Gasteiger partial charge in [-0.3, -0.25) is 4.79 Å². The molecule has 1 unspecified atom stereocenters. The summed E-state index contributed by atoms with van der Waals surface area (Å²) in [6, 6.07) is 9.96. The van der Waals surface area contributed by atoms with Gasteiger partial charge in [-0.2, -0.15) is 5.10 Å². The lowest BCUT2D eigenvalue weighted by molar-refractivity contribution is -0.143. The minimum Gasteiger partial charge on any atom is -0.466 e. The predicted molar refractivity (Wildman–Crippen MR) is 113 cm³/mol. The lowest BCUT2D eigenvalue weighted by Gasteiger charge is -2.32. The van der Waals surface area contributed by atoms with Gasteiger partial charge in [0.15, 0.2) is 0 Å². The van der Waals surface area contributed by atoms with Crippen molar-refractivity contribution < 1.29 is 18.8 Å². The number of para-hydroxylation sites is 1. The SMILES string of the molecule is CCOC(=O)CC(B1OC(C)(C)C(C)(C)O1)c1c(C)nn(-c2ccccc2)c1C. The highest BCUT2D eigenvalue weighted by Crippen LogP contribution is 2.43. The Morgan fingerprint density at radius 1 is 1.14 bits per heavy atom. The second-order valence-electron chi connectivity index (χ2n) is 8.57. The molecule has 0 amide bonds. The number of carbonyl (C=O) groups is 1. The Morgan fingerprint density at radius 3 is 2.28 bits per heavy atom. The largest absolute Gasteiger partial charge is 0.466 e. The van der Waals surface area contributed by atoms with Crippen molar-refractivity contribution in [2.45, 2.75) is 71.9 Å². The Bertz CT molecular complexity index is 860. The van der Waals surface area contributed by atoms with Crippen molar-refractivity contribution >= 4 is 13.1 Å². The molecule has 7 heteroatoms. The summed E-state index contributed by atoms with van der Waals surface area (Å²) in [7, 11) is -0.560. The molecule has 1 aliphatic heterocycles. The van der Waals surface area contributed by atoms with Crippen molar-refractivity contribution in [2.24, 2.45) is 0 Å². The molecule has 1 saturated heterocycles. The van der Waals surface area contributed by atoms with Crippen LogP contribution in [0.2, 0.25) is 0 Å². The van der Waals surface area contributed by atoms with Crippen LogP contribution in [0.5, 0.6) is 0 Å². The molecule has 3 rings (SSSR count). The van der Waals surface area contributed by atoms with Crippen LogP contribution in [-0.4, -0.2) is 40.7 Å². The van der Waals surface area contributed by atoms with E-state index in [1.54, 1.807) is 0 Å². The number of nitrogens with zero attached hydrogens (tertiary/aromatic N) is 2. The number of ether oxygens (including phenoxy) is 1. The van der Waals surface area contributed by atoms with Crippen molar-refractivity contribution in [3.63, 3.8) is 0 Å². The van der Waals surface area contributed by atoms with Gasteiger partial charge in [0.1, 0.15) is 0 Å². The number of aromatic nitrogens is 2. The number of carbonyl (C=O) groups excluding carboxylic acids is 1. The van der Waals surface area contributed by atoms with Crippen molar-refractivity contribution in [1.29, 1.82) is 0 Å². The van der Waals surface area contributed by atoms with Crippen molar-refractivity contribution in [3.8, 4) is 5.69 Å². The van der Waals surface area contributed by atoms with Crippen LogP contribution in [0.1, 0.15) is 63.8 Å². The van der Waals surface area contributed by atoms with Crippen LogP contribution in [0.3, 0.4) is 0 Å². The molecule has 0 aliphatic carbocycles. The quantitative estimate of drug-likeness (QED) is 0.540. The van der Waals surface area contributed by atoms with Gasteiger partial charge in [-0.15, -0.1) is 0 Å². The van der Waals surface area contributed by atoms with Crippen LogP contribution < -0.4 is 0 Å². The third-order valence-corrected chi connectivity index (χ3v) is 6.01. The fourth-order valence-corrected chi connectivity index (χ4v) is 3.80. The van der Waals surface area contributed by atoms with Crippen LogP contribution in [-0.2, 0) is 18.8 Å². The molecule has 0 saturated carbocycles. The van der Waals surface area contributed by atoms with E-state index in [4.69, 9.17) is 19.1 Å². The van der Waals surface area contributed by atoms with Crippen molar-refractivity contribution in [1.82, 2.24) is 9.78 Å². The highest BCUT2D eigenvalue weighted by atomic mass is 16.7. The molecule has 2 heterocycles. The normalized spacial score (nSPS) is 18.7. The van der Waals surface area contributed by atoms with Gasteiger partial charge in [0.25, 0.3) is 0 Å². The highest BCUT2D eigenvalue weighted by Gasteiger charge is 2.55. The van der Waals surface area contributed by atoms with E-state index in [0.29, 0.717) is 6.61 Å². The summed E-state index contributed by atoms with van der Waals surface area (Å²) in [6.45, 7) is 14.2. The van der Waals surface area contributed by atoms with Gasteiger partial charge >= 0.3 is 13.1 Å². The van der Waals surface area contributed by atoms with E-state index in [9.17, 15) is 4.79 Å². The lowest BCUT2D eigenvalue weighted by Crippen LogP contribution is -2.41. The van der Waals surface area contributed by atoms with E-state index in [0.717, 1.165) is 22.6 Å². The second kappa shape index (κ2) is 7.96. The van der Waals surface area contributed by atoms with E-state index in [1.165, 1.54) is 0 Å². The zero-order chi connectivity index (χ0) is 21.4. The maximum atomic E-state index is 12.4. The monoisotopic (exact) mass is 398 g/mol. The summed E-state index contributed by atoms with van der Waals surface area (Å²) in [5, 5.41) is 4.75. The Balaban J connectivity index is 2.04. The molecule has 2 aromatic rings. The maximum Gasteiger partial charge on any atom is 0.466 e. The summed E-state index contributed by atoms with van der Waals surface area (Å²) < 4.78 is 19.8. The zero-order valence-electron chi connectivity index (χ0n) is 18.5. The molecule has 0 N–H and O–H groups in total. The first kappa shape index (κ1) is 21.6. The van der Waals surface area contributed by atoms with E-state index < -0.39 is 18.3 Å². The van der Waals surface area contributed by atoms with Crippen LogP contribution in [0.4, 0.5) is 0 Å². The van der Waals surface area contributed by atoms with Crippen LogP contribution in [0.15, 0.2) is 30.3 Å². The van der Waals surface area contributed by atoms with Crippen LogP contribution in [0, 0.1) is 13.8 Å². The number of rotatable bonds is 6. The first-order chi connectivity index (χ1) is 13.6. The summed E-state index contributed by atoms with van der Waals surface area (Å²) in [5.41, 5.74) is 2.81. The van der Waals surface area contributed by atoms with Gasteiger partial charge in [0.05, 0.1) is 35.6 Å². The van der Waals surface area contributed by atoms with Gasteiger partial charge in [0, 0.05) is 11.5 Å². The molecule has 1 aromatic carbocycles. The summed E-state index contributed by atoms with van der Waals surface area (Å²) in [4.78, 5) is 12.4. The zero-order valence-corrected chi connectivity index (χ0v) is 18.5. The van der Waals surface area contributed by atoms with Gasteiger partial charge in [-0.1, -0.05) is 18.2 Å². The first-order valence-corrected chi connectivity index (χ1v) is 10.2. The fourth-order valence-electron chi connectivity index (χ4n) is 3.80. The molecule has 29 heavy (non-hydrogen) atoms. The van der Waals surface area contributed by atoms with Crippen molar-refractivity contribution in [2.75, 3.05) is 6.61 Å². The molecule has 156 valence electrons. The number of hydrogen-bond donors (Lipinski definition) is 0. The van der Waals surface area contributed by atoms with E-state index in [1.807, 2.05) is 83.5 Å². The molecule has 1 aromatic heterocycles. The van der Waals surface area contributed by atoms with E-state index in [-0.39, 0.29) is 18.2 Å². The Hall–Kier alpha value is -2.12. The Labute approximate surface area is 173 Å². The van der Waals surface area contributed by atoms with Crippen molar-refractivity contribution in [3.05, 3.63) is 47.3 Å². The van der Waals surface area contributed by atoms with Crippen LogP contribution >= 0.6 is 0 Å². The van der Waals surface area contributed by atoms with E-state index in [2.05, 4.69) is 0 Å². The number of aryl methyl sites for hydroxylation is 1. The minimum atomic E-state index is -0.560. The summed E-state index contributed by atoms with van der Waals surface area (Å²) >= 11 is 0. The van der Waals surface area contributed by atoms with Crippen LogP contribution in [0.25, 0.3) is 5.69 Å². The smallest absolute Gasteiger partial charge is 0.466 e. The molecule has 0 radical (unpaired) electrons. The molecule has 0 bridgehead atoms. The molecule has 1 aliphatic rings. The number of hydrogen-bond acceptors (Lipinski definition) is 5. The molecule has 1 atom stereocenters.